The molecule has 1 aromatic rings. The molecular formula is C9H13N3O. The lowest BCUT2D eigenvalue weighted by atomic mass is 10.0. The van der Waals surface area contributed by atoms with E-state index in [-0.39, 0.29) is 6.61 Å². The van der Waals surface area contributed by atoms with Gasteiger partial charge >= 0.3 is 0 Å². The Morgan fingerprint density at radius 1 is 1.08 bits per heavy atom. The molecule has 2 rings (SSSR count). The number of rotatable bonds is 2. The fourth-order valence-corrected chi connectivity index (χ4v) is 1.60. The molecule has 4 nitrogen and oxygen atoms in total. The molecule has 0 unspecified atom stereocenters. The van der Waals surface area contributed by atoms with Gasteiger partial charge in [0.05, 0.1) is 18.0 Å². The van der Waals surface area contributed by atoms with Gasteiger partial charge in [0.25, 0.3) is 0 Å². The van der Waals surface area contributed by atoms with Crippen LogP contribution >= 0.6 is 0 Å². The Labute approximate surface area is 77.0 Å². The number of aryl methyl sites for hydroxylation is 2. The highest BCUT2D eigenvalue weighted by atomic mass is 16.3. The van der Waals surface area contributed by atoms with E-state index in [1.54, 1.807) is 0 Å². The third-order valence-electron chi connectivity index (χ3n) is 2.30. The van der Waals surface area contributed by atoms with E-state index in [0.29, 0.717) is 12.2 Å². The van der Waals surface area contributed by atoms with Crippen molar-refractivity contribution in [1.82, 2.24) is 15.2 Å². The topological polar surface area (TPSA) is 58.9 Å². The molecule has 0 amide bonds. The van der Waals surface area contributed by atoms with Crippen LogP contribution in [0.4, 0.5) is 0 Å². The van der Waals surface area contributed by atoms with E-state index in [9.17, 15) is 0 Å². The number of hydrogen-bond donors (Lipinski definition) is 1. The van der Waals surface area contributed by atoms with E-state index >= 15 is 0 Å². The van der Waals surface area contributed by atoms with Gasteiger partial charge in [0.15, 0.2) is 5.82 Å². The van der Waals surface area contributed by atoms with Gasteiger partial charge in [-0.25, -0.2) is 4.98 Å². The molecule has 0 saturated carbocycles. The number of aliphatic hydroxyl groups is 1. The quantitative estimate of drug-likeness (QED) is 0.708. The number of fused-ring (bicyclic) bond motifs is 1. The second-order valence-corrected chi connectivity index (χ2v) is 3.30. The van der Waals surface area contributed by atoms with Crippen LogP contribution in [0.15, 0.2) is 0 Å². The van der Waals surface area contributed by atoms with Crippen LogP contribution in [0.1, 0.15) is 30.1 Å². The third kappa shape index (κ3) is 1.83. The predicted octanol–water partition coefficient (Wildman–Crippen LogP) is 0.285. The molecular weight excluding hydrogens is 166 g/mol. The molecule has 1 aliphatic rings. The summed E-state index contributed by atoms with van der Waals surface area (Å²) in [6, 6.07) is 0. The van der Waals surface area contributed by atoms with E-state index in [0.717, 1.165) is 24.2 Å². The number of nitrogens with zero attached hydrogens (tertiary/aromatic N) is 3. The number of hydrogen-bond acceptors (Lipinski definition) is 4. The van der Waals surface area contributed by atoms with Crippen LogP contribution in [0.25, 0.3) is 0 Å². The van der Waals surface area contributed by atoms with Crippen LogP contribution < -0.4 is 0 Å². The van der Waals surface area contributed by atoms with Crippen LogP contribution in [0.2, 0.25) is 0 Å². The normalized spacial score (nSPS) is 15.5. The Morgan fingerprint density at radius 2 is 1.85 bits per heavy atom. The minimum Gasteiger partial charge on any atom is -0.396 e. The van der Waals surface area contributed by atoms with Crippen LogP contribution in [0.3, 0.4) is 0 Å². The van der Waals surface area contributed by atoms with Gasteiger partial charge in [0.1, 0.15) is 0 Å². The zero-order valence-corrected chi connectivity index (χ0v) is 7.53. The zero-order valence-electron chi connectivity index (χ0n) is 7.53. The molecule has 1 heterocycles. The van der Waals surface area contributed by atoms with Gasteiger partial charge in [-0.1, -0.05) is 0 Å². The monoisotopic (exact) mass is 179 g/mol. The summed E-state index contributed by atoms with van der Waals surface area (Å²) < 4.78 is 0. The fourth-order valence-electron chi connectivity index (χ4n) is 1.60. The molecule has 0 aromatic carbocycles. The van der Waals surface area contributed by atoms with Crippen molar-refractivity contribution in [3.63, 3.8) is 0 Å². The summed E-state index contributed by atoms with van der Waals surface area (Å²) in [5.74, 6) is 0.670. The molecule has 0 atom stereocenters. The smallest absolute Gasteiger partial charge is 0.153 e. The summed E-state index contributed by atoms with van der Waals surface area (Å²) in [5, 5.41) is 16.8. The second-order valence-electron chi connectivity index (χ2n) is 3.30. The average molecular weight is 179 g/mol. The van der Waals surface area contributed by atoms with Crippen LogP contribution in [-0.2, 0) is 19.3 Å². The highest BCUT2D eigenvalue weighted by Gasteiger charge is 2.12. The van der Waals surface area contributed by atoms with Crippen molar-refractivity contribution < 1.29 is 5.11 Å². The first-order valence-electron chi connectivity index (χ1n) is 4.72. The highest BCUT2D eigenvalue weighted by molar-refractivity contribution is 5.13. The van der Waals surface area contributed by atoms with Gasteiger partial charge in [-0.2, -0.15) is 5.10 Å². The molecule has 4 heteroatoms. The molecule has 70 valence electrons. The van der Waals surface area contributed by atoms with Gasteiger partial charge in [-0.15, -0.1) is 5.10 Å². The maximum Gasteiger partial charge on any atom is 0.153 e. The first kappa shape index (κ1) is 8.56. The molecule has 0 saturated heterocycles. The van der Waals surface area contributed by atoms with Crippen molar-refractivity contribution in [3.8, 4) is 0 Å². The summed E-state index contributed by atoms with van der Waals surface area (Å²) in [4.78, 5) is 4.37. The Balaban J connectivity index is 2.24. The van der Waals surface area contributed by atoms with E-state index in [1.165, 1.54) is 12.8 Å². The standard InChI is InChI=1S/C9H13N3O/c13-6-5-9-10-7-3-1-2-4-8(7)11-12-9/h13H,1-6H2. The molecule has 0 spiro atoms. The third-order valence-corrected chi connectivity index (χ3v) is 2.30. The minimum absolute atomic E-state index is 0.0977. The molecule has 0 fully saturated rings. The second kappa shape index (κ2) is 3.79. The van der Waals surface area contributed by atoms with Gasteiger partial charge in [0.2, 0.25) is 0 Å². The lowest BCUT2D eigenvalue weighted by molar-refractivity contribution is 0.295. The van der Waals surface area contributed by atoms with Gasteiger partial charge in [-0.05, 0) is 25.7 Å². The van der Waals surface area contributed by atoms with Crippen LogP contribution in [-0.4, -0.2) is 26.9 Å². The first-order chi connectivity index (χ1) is 6.40. The van der Waals surface area contributed by atoms with Crippen molar-refractivity contribution in [2.75, 3.05) is 6.61 Å². The largest absolute Gasteiger partial charge is 0.396 e. The summed E-state index contributed by atoms with van der Waals surface area (Å²) in [7, 11) is 0. The highest BCUT2D eigenvalue weighted by Crippen LogP contribution is 2.16. The predicted molar refractivity (Wildman–Crippen MR) is 47.3 cm³/mol. The summed E-state index contributed by atoms with van der Waals surface area (Å²) >= 11 is 0. The Bertz CT molecular complexity index is 301. The van der Waals surface area contributed by atoms with Gasteiger partial charge < -0.3 is 5.11 Å². The van der Waals surface area contributed by atoms with Crippen molar-refractivity contribution in [2.45, 2.75) is 32.1 Å². The number of aromatic nitrogens is 3. The Kier molecular flexibility index (Phi) is 2.49. The molecule has 0 radical (unpaired) electrons. The van der Waals surface area contributed by atoms with Crippen molar-refractivity contribution in [2.24, 2.45) is 0 Å². The van der Waals surface area contributed by atoms with Crippen molar-refractivity contribution in [1.29, 1.82) is 0 Å². The zero-order chi connectivity index (χ0) is 9.10. The van der Waals surface area contributed by atoms with E-state index in [2.05, 4.69) is 15.2 Å². The Morgan fingerprint density at radius 3 is 2.62 bits per heavy atom. The molecule has 1 aromatic heterocycles. The lowest BCUT2D eigenvalue weighted by Gasteiger charge is -2.12. The number of aliphatic hydroxyl groups excluding tert-OH is 1. The summed E-state index contributed by atoms with van der Waals surface area (Å²) in [6.07, 6.45) is 4.94. The maximum atomic E-state index is 8.72. The summed E-state index contributed by atoms with van der Waals surface area (Å²) in [5.41, 5.74) is 2.14. The van der Waals surface area contributed by atoms with Crippen molar-refractivity contribution >= 4 is 0 Å². The molecule has 1 aliphatic carbocycles. The molecule has 0 aliphatic heterocycles. The molecule has 1 N–H and O–H groups in total. The Hall–Kier alpha value is -1.03. The maximum absolute atomic E-state index is 8.72. The average Bonchev–Trinajstić information content (AvgIpc) is 2.18. The van der Waals surface area contributed by atoms with Crippen LogP contribution in [0.5, 0.6) is 0 Å². The molecule has 13 heavy (non-hydrogen) atoms. The van der Waals surface area contributed by atoms with Crippen LogP contribution in [0, 0.1) is 0 Å². The van der Waals surface area contributed by atoms with E-state index in [1.807, 2.05) is 0 Å². The summed E-state index contributed by atoms with van der Waals surface area (Å²) in [6.45, 7) is 0.0977. The minimum atomic E-state index is 0.0977. The fraction of sp³-hybridized carbons (Fsp3) is 0.667. The van der Waals surface area contributed by atoms with E-state index < -0.39 is 0 Å². The van der Waals surface area contributed by atoms with E-state index in [4.69, 9.17) is 5.11 Å². The SMILES string of the molecule is OCCc1nnc2c(n1)CCCC2. The molecule has 0 bridgehead atoms. The lowest BCUT2D eigenvalue weighted by Crippen LogP contribution is -2.12. The van der Waals surface area contributed by atoms with Gasteiger partial charge in [0, 0.05) is 6.42 Å². The first-order valence-corrected chi connectivity index (χ1v) is 4.72. The van der Waals surface area contributed by atoms with Crippen molar-refractivity contribution in [3.05, 3.63) is 17.2 Å². The van der Waals surface area contributed by atoms with Gasteiger partial charge in [-0.3, -0.25) is 0 Å².